The van der Waals surface area contributed by atoms with Crippen molar-refractivity contribution in [3.8, 4) is 0 Å². The molecule has 1 nitrogen and oxygen atoms in total. The summed E-state index contributed by atoms with van der Waals surface area (Å²) in [6.07, 6.45) is 1.03. The van der Waals surface area contributed by atoms with Crippen LogP contribution >= 0.6 is 54.5 Å². The first kappa shape index (κ1) is 12.8. The molecular weight excluding hydrogens is 370 g/mol. The SMILES string of the molecule is CNC(Cc1ccc(Br)s1)c1sccc1Br. The van der Waals surface area contributed by atoms with Crippen LogP contribution in [0.2, 0.25) is 0 Å². The van der Waals surface area contributed by atoms with Gasteiger partial charge in [0, 0.05) is 26.7 Å². The first-order valence-electron chi connectivity index (χ1n) is 4.85. The van der Waals surface area contributed by atoms with Gasteiger partial charge >= 0.3 is 0 Å². The van der Waals surface area contributed by atoms with Crippen LogP contribution in [0.1, 0.15) is 15.8 Å². The Morgan fingerprint density at radius 3 is 2.62 bits per heavy atom. The van der Waals surface area contributed by atoms with E-state index in [9.17, 15) is 0 Å². The average molecular weight is 381 g/mol. The van der Waals surface area contributed by atoms with Gasteiger partial charge in [-0.25, -0.2) is 0 Å². The lowest BCUT2D eigenvalue weighted by atomic mass is 10.1. The molecule has 1 unspecified atom stereocenters. The Balaban J connectivity index is 2.15. The van der Waals surface area contributed by atoms with Crippen molar-refractivity contribution >= 4 is 54.5 Å². The van der Waals surface area contributed by atoms with Crippen molar-refractivity contribution in [3.63, 3.8) is 0 Å². The Morgan fingerprint density at radius 1 is 1.31 bits per heavy atom. The zero-order valence-corrected chi connectivity index (χ0v) is 13.5. The van der Waals surface area contributed by atoms with Gasteiger partial charge in [0.1, 0.15) is 0 Å². The molecule has 16 heavy (non-hydrogen) atoms. The van der Waals surface area contributed by atoms with Gasteiger partial charge in [-0.05, 0) is 62.5 Å². The molecule has 1 N–H and O–H groups in total. The Kier molecular flexibility index (Phi) is 4.61. The van der Waals surface area contributed by atoms with Gasteiger partial charge in [0.2, 0.25) is 0 Å². The molecular formula is C11H11Br2NS2. The predicted octanol–water partition coefficient (Wildman–Crippen LogP) is 4.84. The maximum absolute atomic E-state index is 3.59. The van der Waals surface area contributed by atoms with Crippen LogP contribution in [0.4, 0.5) is 0 Å². The van der Waals surface area contributed by atoms with Crippen LogP contribution < -0.4 is 5.32 Å². The molecule has 0 spiro atoms. The molecule has 0 aliphatic rings. The molecule has 0 aliphatic carbocycles. The summed E-state index contributed by atoms with van der Waals surface area (Å²) in [4.78, 5) is 2.76. The van der Waals surface area contributed by atoms with Crippen molar-refractivity contribution in [1.82, 2.24) is 5.32 Å². The molecule has 2 aromatic heterocycles. The lowest BCUT2D eigenvalue weighted by Gasteiger charge is -2.14. The highest BCUT2D eigenvalue weighted by atomic mass is 79.9. The van der Waals surface area contributed by atoms with E-state index in [1.807, 2.05) is 7.05 Å². The molecule has 1 atom stereocenters. The molecule has 0 aliphatic heterocycles. The van der Waals surface area contributed by atoms with Crippen molar-refractivity contribution in [2.45, 2.75) is 12.5 Å². The summed E-state index contributed by atoms with van der Waals surface area (Å²) in [5, 5.41) is 5.49. The second-order valence-electron chi connectivity index (χ2n) is 3.38. The highest BCUT2D eigenvalue weighted by Gasteiger charge is 2.15. The topological polar surface area (TPSA) is 12.0 Å². The van der Waals surface area contributed by atoms with E-state index in [2.05, 4.69) is 60.8 Å². The summed E-state index contributed by atoms with van der Waals surface area (Å²) in [6, 6.07) is 6.78. The summed E-state index contributed by atoms with van der Waals surface area (Å²) in [6.45, 7) is 0. The first-order valence-corrected chi connectivity index (χ1v) is 8.13. The number of hydrogen-bond acceptors (Lipinski definition) is 3. The van der Waals surface area contributed by atoms with Crippen LogP contribution in [0, 0.1) is 0 Å². The van der Waals surface area contributed by atoms with Crippen LogP contribution in [0.15, 0.2) is 31.8 Å². The number of nitrogens with one attached hydrogen (secondary N) is 1. The number of hydrogen-bond donors (Lipinski definition) is 1. The molecule has 0 bridgehead atoms. The van der Waals surface area contributed by atoms with Crippen LogP contribution in [0.5, 0.6) is 0 Å². The molecule has 0 radical (unpaired) electrons. The fourth-order valence-corrected chi connectivity index (χ4v) is 4.83. The van der Waals surface area contributed by atoms with Crippen molar-refractivity contribution in [2.75, 3.05) is 7.05 Å². The highest BCUT2D eigenvalue weighted by molar-refractivity contribution is 9.11. The van der Waals surface area contributed by atoms with Gasteiger partial charge in [0.15, 0.2) is 0 Å². The Bertz CT molecular complexity index is 464. The van der Waals surface area contributed by atoms with E-state index in [1.54, 1.807) is 22.7 Å². The smallest absolute Gasteiger partial charge is 0.0701 e. The molecule has 0 saturated carbocycles. The van der Waals surface area contributed by atoms with Crippen LogP contribution in [0.3, 0.4) is 0 Å². The molecule has 2 rings (SSSR count). The number of thiophene rings is 2. The van der Waals surface area contributed by atoms with Crippen LogP contribution in [-0.4, -0.2) is 7.05 Å². The summed E-state index contributed by atoms with van der Waals surface area (Å²) in [5.74, 6) is 0. The highest BCUT2D eigenvalue weighted by Crippen LogP contribution is 2.33. The standard InChI is InChI=1S/C11H11Br2NS2/c1-14-9(11-8(12)4-5-15-11)6-7-2-3-10(13)16-7/h2-5,9,14H,6H2,1H3. The molecule has 0 amide bonds. The number of halogens is 2. The van der Waals surface area contributed by atoms with Crippen LogP contribution in [-0.2, 0) is 6.42 Å². The quantitative estimate of drug-likeness (QED) is 0.800. The number of likely N-dealkylation sites (N-methyl/N-ethyl adjacent to an activating group) is 1. The van der Waals surface area contributed by atoms with Gasteiger partial charge in [-0.2, -0.15) is 0 Å². The minimum Gasteiger partial charge on any atom is -0.312 e. The largest absolute Gasteiger partial charge is 0.312 e. The third-order valence-corrected chi connectivity index (χ3v) is 5.97. The maximum Gasteiger partial charge on any atom is 0.0701 e. The van der Waals surface area contributed by atoms with Gasteiger partial charge in [-0.15, -0.1) is 22.7 Å². The van der Waals surface area contributed by atoms with E-state index in [1.165, 1.54) is 18.0 Å². The molecule has 0 saturated heterocycles. The molecule has 5 heteroatoms. The molecule has 2 heterocycles. The minimum absolute atomic E-state index is 0.389. The Hall–Kier alpha value is 0.320. The maximum atomic E-state index is 3.59. The summed E-state index contributed by atoms with van der Waals surface area (Å²) < 4.78 is 2.40. The van der Waals surface area contributed by atoms with E-state index in [0.717, 1.165) is 6.42 Å². The number of rotatable bonds is 4. The van der Waals surface area contributed by atoms with Crippen molar-refractivity contribution in [1.29, 1.82) is 0 Å². The second kappa shape index (κ2) is 5.78. The lowest BCUT2D eigenvalue weighted by Crippen LogP contribution is -2.17. The molecule has 0 aromatic carbocycles. The predicted molar refractivity (Wildman–Crippen MR) is 79.5 cm³/mol. The fraction of sp³-hybridized carbons (Fsp3) is 0.273. The third-order valence-electron chi connectivity index (χ3n) is 2.34. The van der Waals surface area contributed by atoms with Crippen molar-refractivity contribution in [2.24, 2.45) is 0 Å². The summed E-state index contributed by atoms with van der Waals surface area (Å²) in [5.41, 5.74) is 0. The first-order chi connectivity index (χ1) is 7.70. The normalized spacial score (nSPS) is 12.9. The Labute approximate surface area is 120 Å². The van der Waals surface area contributed by atoms with E-state index < -0.39 is 0 Å². The summed E-state index contributed by atoms with van der Waals surface area (Å²) in [7, 11) is 2.01. The van der Waals surface area contributed by atoms with E-state index >= 15 is 0 Å². The van der Waals surface area contributed by atoms with Crippen LogP contribution in [0.25, 0.3) is 0 Å². The third kappa shape index (κ3) is 2.96. The van der Waals surface area contributed by atoms with E-state index in [4.69, 9.17) is 0 Å². The molecule has 86 valence electrons. The van der Waals surface area contributed by atoms with E-state index in [0.29, 0.717) is 6.04 Å². The van der Waals surface area contributed by atoms with Crippen molar-refractivity contribution in [3.05, 3.63) is 41.6 Å². The van der Waals surface area contributed by atoms with Gasteiger partial charge in [0.25, 0.3) is 0 Å². The van der Waals surface area contributed by atoms with Gasteiger partial charge in [-0.1, -0.05) is 0 Å². The minimum atomic E-state index is 0.389. The van der Waals surface area contributed by atoms with Gasteiger partial charge in [0.05, 0.1) is 3.79 Å². The molecule has 2 aromatic rings. The average Bonchev–Trinajstić information content (AvgIpc) is 2.84. The fourth-order valence-electron chi connectivity index (χ4n) is 1.54. The van der Waals surface area contributed by atoms with Crippen molar-refractivity contribution < 1.29 is 0 Å². The molecule has 0 fully saturated rings. The van der Waals surface area contributed by atoms with E-state index in [-0.39, 0.29) is 0 Å². The zero-order chi connectivity index (χ0) is 11.5. The lowest BCUT2D eigenvalue weighted by molar-refractivity contribution is 0.605. The van der Waals surface area contributed by atoms with Gasteiger partial charge < -0.3 is 5.32 Å². The van der Waals surface area contributed by atoms with Gasteiger partial charge in [-0.3, -0.25) is 0 Å². The zero-order valence-electron chi connectivity index (χ0n) is 8.67. The Morgan fingerprint density at radius 2 is 2.12 bits per heavy atom. The monoisotopic (exact) mass is 379 g/mol. The summed E-state index contributed by atoms with van der Waals surface area (Å²) >= 11 is 10.7. The second-order valence-corrected chi connectivity index (χ2v) is 7.73.